The summed E-state index contributed by atoms with van der Waals surface area (Å²) in [6.07, 6.45) is 2.39. The number of nitrogens with two attached hydrogens (primary N) is 1. The third-order valence-electron chi connectivity index (χ3n) is 0.942. The Morgan fingerprint density at radius 3 is 2.89 bits per heavy atom. The van der Waals surface area contributed by atoms with Crippen LogP contribution >= 0.6 is 11.9 Å². The molecule has 48 valence electrons. The van der Waals surface area contributed by atoms with E-state index < -0.39 is 0 Å². The van der Waals surface area contributed by atoms with Crippen LogP contribution in [0.5, 0.6) is 0 Å². The molecule has 0 bridgehead atoms. The molecule has 0 aromatic carbocycles. The number of hydrogen-bond donors (Lipinski definition) is 2. The molecule has 0 aliphatic heterocycles. The monoisotopic (exact) mass is 142 g/mol. The summed E-state index contributed by atoms with van der Waals surface area (Å²) in [5, 5.41) is 5.99. The summed E-state index contributed by atoms with van der Waals surface area (Å²) in [5.74, 6) is 0. The Hall–Kier alpha value is -0.740. The smallest absolute Gasteiger partial charge is 0.151 e. The first-order valence-corrected chi connectivity index (χ1v) is 3.25. The summed E-state index contributed by atoms with van der Waals surface area (Å²) in [5.41, 5.74) is 0.628. The minimum absolute atomic E-state index is 0.628. The fraction of sp³-hybridized carbons (Fsp3) is 0. The van der Waals surface area contributed by atoms with E-state index in [1.165, 1.54) is 0 Å². The molecule has 0 saturated carbocycles. The Morgan fingerprint density at radius 2 is 2.56 bits per heavy atom. The van der Waals surface area contributed by atoms with Gasteiger partial charge in [0.1, 0.15) is 0 Å². The van der Waals surface area contributed by atoms with Gasteiger partial charge in [0.05, 0.1) is 5.03 Å². The van der Waals surface area contributed by atoms with Crippen molar-refractivity contribution in [2.75, 3.05) is 0 Å². The average Bonchev–Trinajstić information content (AvgIpc) is 2.34. The number of rotatable bonds is 2. The van der Waals surface area contributed by atoms with E-state index in [1.807, 2.05) is 0 Å². The number of aromatic nitrogens is 1. The Bertz CT molecular complexity index is 208. The lowest BCUT2D eigenvalue weighted by Crippen LogP contribution is -1.76. The molecule has 0 fully saturated rings. The lowest BCUT2D eigenvalue weighted by Gasteiger charge is -1.81. The maximum absolute atomic E-state index is 10.1. The van der Waals surface area contributed by atoms with Gasteiger partial charge in [-0.25, -0.2) is 0 Å². The van der Waals surface area contributed by atoms with Gasteiger partial charge in [0.25, 0.3) is 0 Å². The largest absolute Gasteiger partial charge is 0.355 e. The van der Waals surface area contributed by atoms with E-state index in [4.69, 9.17) is 5.14 Å². The molecule has 1 aromatic rings. The SMILES string of the molecule is NSc1cc(C=O)c[nH]1. The van der Waals surface area contributed by atoms with Gasteiger partial charge in [-0.1, -0.05) is 0 Å². The maximum atomic E-state index is 10.1. The van der Waals surface area contributed by atoms with E-state index in [-0.39, 0.29) is 0 Å². The number of nitrogens with one attached hydrogen (secondary N) is 1. The Kier molecular flexibility index (Phi) is 1.92. The van der Waals surface area contributed by atoms with Crippen molar-refractivity contribution in [3.05, 3.63) is 17.8 Å². The number of hydrogen-bond acceptors (Lipinski definition) is 3. The zero-order valence-electron chi connectivity index (χ0n) is 4.63. The molecule has 0 amide bonds. The summed E-state index contributed by atoms with van der Waals surface area (Å²) in [6.45, 7) is 0. The fourth-order valence-corrected chi connectivity index (χ4v) is 0.856. The first-order chi connectivity index (χ1) is 4.36. The van der Waals surface area contributed by atoms with Gasteiger partial charge >= 0.3 is 0 Å². The maximum Gasteiger partial charge on any atom is 0.151 e. The second-order valence-corrected chi connectivity index (χ2v) is 2.21. The number of carbonyl (C=O) groups is 1. The number of carbonyl (C=O) groups excluding carboxylic acids is 1. The van der Waals surface area contributed by atoms with Crippen LogP contribution < -0.4 is 5.14 Å². The van der Waals surface area contributed by atoms with Crippen LogP contribution in [0.2, 0.25) is 0 Å². The number of H-pyrrole nitrogens is 1. The van der Waals surface area contributed by atoms with Crippen LogP contribution in [-0.2, 0) is 0 Å². The summed E-state index contributed by atoms with van der Waals surface area (Å²) in [4.78, 5) is 12.9. The average molecular weight is 142 g/mol. The molecular formula is C5H6N2OS. The number of aldehydes is 1. The van der Waals surface area contributed by atoms with Crippen LogP contribution in [0.1, 0.15) is 10.4 Å². The third-order valence-corrected chi connectivity index (χ3v) is 1.43. The lowest BCUT2D eigenvalue weighted by molar-refractivity contribution is 0.112. The van der Waals surface area contributed by atoms with Gasteiger partial charge in [-0.15, -0.1) is 0 Å². The van der Waals surface area contributed by atoms with Crippen molar-refractivity contribution in [1.29, 1.82) is 0 Å². The van der Waals surface area contributed by atoms with Gasteiger partial charge in [0.2, 0.25) is 0 Å². The standard InChI is InChI=1S/C5H6N2OS/c6-9-5-1-4(3-8)2-7-5/h1-3,7H,6H2. The van der Waals surface area contributed by atoms with Crippen molar-refractivity contribution in [2.24, 2.45) is 5.14 Å². The first-order valence-electron chi connectivity index (χ1n) is 2.37. The van der Waals surface area contributed by atoms with Crippen LogP contribution in [0.25, 0.3) is 0 Å². The van der Waals surface area contributed by atoms with Gasteiger partial charge in [0.15, 0.2) is 6.29 Å². The van der Waals surface area contributed by atoms with Crippen LogP contribution in [0.4, 0.5) is 0 Å². The van der Waals surface area contributed by atoms with Crippen molar-refractivity contribution in [1.82, 2.24) is 4.98 Å². The molecule has 1 heterocycles. The van der Waals surface area contributed by atoms with Crippen LogP contribution in [0.3, 0.4) is 0 Å². The molecule has 0 atom stereocenters. The first kappa shape index (κ1) is 6.38. The highest BCUT2D eigenvalue weighted by atomic mass is 32.2. The quantitative estimate of drug-likeness (QED) is 0.474. The van der Waals surface area contributed by atoms with Gasteiger partial charge in [-0.2, -0.15) is 0 Å². The van der Waals surface area contributed by atoms with Gasteiger partial charge in [-0.05, 0) is 18.0 Å². The molecule has 0 aliphatic carbocycles. The van der Waals surface area contributed by atoms with E-state index in [9.17, 15) is 4.79 Å². The molecule has 0 radical (unpaired) electrons. The molecule has 9 heavy (non-hydrogen) atoms. The highest BCUT2D eigenvalue weighted by Crippen LogP contribution is 2.09. The molecule has 1 aromatic heterocycles. The third kappa shape index (κ3) is 1.34. The molecule has 4 heteroatoms. The van der Waals surface area contributed by atoms with E-state index >= 15 is 0 Å². The van der Waals surface area contributed by atoms with Crippen molar-refractivity contribution < 1.29 is 4.79 Å². The van der Waals surface area contributed by atoms with Gasteiger partial charge in [-0.3, -0.25) is 9.93 Å². The van der Waals surface area contributed by atoms with Crippen molar-refractivity contribution in [3.63, 3.8) is 0 Å². The molecular weight excluding hydrogens is 136 g/mol. The second-order valence-electron chi connectivity index (χ2n) is 1.53. The van der Waals surface area contributed by atoms with Crippen LogP contribution in [-0.4, -0.2) is 11.3 Å². The minimum Gasteiger partial charge on any atom is -0.355 e. The minimum atomic E-state index is 0.628. The topological polar surface area (TPSA) is 58.9 Å². The Balaban J connectivity index is 2.86. The van der Waals surface area contributed by atoms with E-state index in [0.29, 0.717) is 5.56 Å². The number of aromatic amines is 1. The lowest BCUT2D eigenvalue weighted by atomic mass is 10.4. The Labute approximate surface area is 56.8 Å². The molecule has 3 N–H and O–H groups in total. The molecule has 0 aliphatic rings. The van der Waals surface area contributed by atoms with Gasteiger partial charge < -0.3 is 4.98 Å². The molecule has 0 saturated heterocycles. The van der Waals surface area contributed by atoms with Crippen molar-refractivity contribution >= 4 is 18.2 Å². The van der Waals surface area contributed by atoms with Crippen LogP contribution in [0, 0.1) is 0 Å². The van der Waals surface area contributed by atoms with E-state index in [0.717, 1.165) is 23.3 Å². The van der Waals surface area contributed by atoms with Gasteiger partial charge in [0, 0.05) is 11.8 Å². The molecule has 3 nitrogen and oxygen atoms in total. The summed E-state index contributed by atoms with van der Waals surface area (Å²) in [7, 11) is 0. The van der Waals surface area contributed by atoms with E-state index in [2.05, 4.69) is 4.98 Å². The molecule has 0 unspecified atom stereocenters. The van der Waals surface area contributed by atoms with Crippen LogP contribution in [0.15, 0.2) is 17.3 Å². The predicted molar refractivity (Wildman–Crippen MR) is 36.2 cm³/mol. The van der Waals surface area contributed by atoms with Crippen molar-refractivity contribution in [3.8, 4) is 0 Å². The van der Waals surface area contributed by atoms with E-state index in [1.54, 1.807) is 12.3 Å². The summed E-state index contributed by atoms with van der Waals surface area (Å²) < 4.78 is 0. The summed E-state index contributed by atoms with van der Waals surface area (Å²) in [6, 6.07) is 1.69. The fourth-order valence-electron chi connectivity index (χ4n) is 0.525. The zero-order valence-corrected chi connectivity index (χ0v) is 5.44. The zero-order chi connectivity index (χ0) is 6.69. The molecule has 0 spiro atoms. The molecule has 1 rings (SSSR count). The summed E-state index contributed by atoms with van der Waals surface area (Å²) >= 11 is 1.09. The highest BCUT2D eigenvalue weighted by molar-refractivity contribution is 7.97. The second kappa shape index (κ2) is 2.70. The Morgan fingerprint density at radius 1 is 1.78 bits per heavy atom. The highest BCUT2D eigenvalue weighted by Gasteiger charge is 1.93. The predicted octanol–water partition coefficient (Wildman–Crippen LogP) is 0.793. The van der Waals surface area contributed by atoms with Crippen molar-refractivity contribution in [2.45, 2.75) is 5.03 Å². The normalized spacial score (nSPS) is 9.44.